The maximum Gasteiger partial charge on any atom is 0.262 e. The fraction of sp³-hybridized carbons (Fsp3) is 0.278. The van der Waals surface area contributed by atoms with Crippen LogP contribution >= 0.6 is 0 Å². The van der Waals surface area contributed by atoms with Crippen molar-refractivity contribution in [2.45, 2.75) is 24.3 Å². The summed E-state index contributed by atoms with van der Waals surface area (Å²) in [6.45, 7) is 2.27. The van der Waals surface area contributed by atoms with Crippen LogP contribution in [0.4, 0.5) is 5.69 Å². The van der Waals surface area contributed by atoms with Gasteiger partial charge < -0.3 is 15.8 Å². The first-order valence-corrected chi connectivity index (χ1v) is 9.61. The molecule has 0 aliphatic rings. The highest BCUT2D eigenvalue weighted by atomic mass is 32.2. The van der Waals surface area contributed by atoms with Gasteiger partial charge in [0.2, 0.25) is 0 Å². The first-order chi connectivity index (χ1) is 12.3. The van der Waals surface area contributed by atoms with Crippen molar-refractivity contribution in [2.75, 3.05) is 18.4 Å². The quantitative estimate of drug-likeness (QED) is 0.651. The molecule has 0 aliphatic carbocycles. The van der Waals surface area contributed by atoms with E-state index in [2.05, 4.69) is 10.0 Å². The van der Waals surface area contributed by atoms with Crippen molar-refractivity contribution in [3.63, 3.8) is 0 Å². The predicted molar refractivity (Wildman–Crippen MR) is 101 cm³/mol. The summed E-state index contributed by atoms with van der Waals surface area (Å²) in [6, 6.07) is 12.5. The normalized spacial score (nSPS) is 12.3. The largest absolute Gasteiger partial charge is 0.495 e. The van der Waals surface area contributed by atoms with Gasteiger partial charge in [0.25, 0.3) is 15.9 Å². The lowest BCUT2D eigenvalue weighted by Crippen LogP contribution is -2.29. The van der Waals surface area contributed by atoms with Gasteiger partial charge in [-0.3, -0.25) is 9.52 Å². The number of carbonyl (C=O) groups excluding carboxylic acids is 1. The number of benzene rings is 2. The Kier molecular flexibility index (Phi) is 6.59. The highest BCUT2D eigenvalue weighted by Crippen LogP contribution is 2.26. The van der Waals surface area contributed by atoms with Crippen LogP contribution in [0, 0.1) is 0 Å². The van der Waals surface area contributed by atoms with Gasteiger partial charge in [0.05, 0.1) is 17.7 Å². The summed E-state index contributed by atoms with van der Waals surface area (Å²) in [5, 5.41) is 2.72. The Balaban J connectivity index is 2.18. The second-order valence-electron chi connectivity index (χ2n) is 5.86. The third-order valence-corrected chi connectivity index (χ3v) is 5.01. The lowest BCUT2D eigenvalue weighted by molar-refractivity contribution is 0.0952. The maximum atomic E-state index is 12.6. The number of methoxy groups -OCH3 is 1. The van der Waals surface area contributed by atoms with Gasteiger partial charge in [-0.1, -0.05) is 18.2 Å². The molecule has 0 fully saturated rings. The van der Waals surface area contributed by atoms with Crippen molar-refractivity contribution in [3.8, 4) is 5.75 Å². The summed E-state index contributed by atoms with van der Waals surface area (Å²) >= 11 is 0. The molecule has 0 aliphatic heterocycles. The lowest BCUT2D eigenvalue weighted by Gasteiger charge is -2.12. The van der Waals surface area contributed by atoms with Crippen molar-refractivity contribution in [3.05, 3.63) is 54.1 Å². The minimum Gasteiger partial charge on any atom is -0.495 e. The molecule has 4 N–H and O–H groups in total. The zero-order valence-electron chi connectivity index (χ0n) is 14.7. The third-order valence-electron chi connectivity index (χ3n) is 3.64. The first-order valence-electron chi connectivity index (χ1n) is 8.13. The van der Waals surface area contributed by atoms with Crippen LogP contribution in [0.25, 0.3) is 0 Å². The molecule has 0 spiro atoms. The van der Waals surface area contributed by atoms with E-state index in [0.29, 0.717) is 24.4 Å². The van der Waals surface area contributed by atoms with Crippen LogP contribution in [0.5, 0.6) is 5.75 Å². The second kappa shape index (κ2) is 8.68. The molecule has 0 radical (unpaired) electrons. The Bertz CT molecular complexity index is 866. The Morgan fingerprint density at radius 3 is 2.62 bits per heavy atom. The topological polar surface area (TPSA) is 111 Å². The smallest absolute Gasteiger partial charge is 0.262 e. The summed E-state index contributed by atoms with van der Waals surface area (Å²) in [4.78, 5) is 12.2. The van der Waals surface area contributed by atoms with E-state index in [0.717, 1.165) is 0 Å². The number of hydrogen-bond acceptors (Lipinski definition) is 5. The van der Waals surface area contributed by atoms with E-state index in [-0.39, 0.29) is 22.4 Å². The molecule has 0 heterocycles. The van der Waals surface area contributed by atoms with Gasteiger partial charge in [-0.2, -0.15) is 0 Å². The number of hydrogen-bond donors (Lipinski definition) is 3. The van der Waals surface area contributed by atoms with Crippen LogP contribution in [-0.4, -0.2) is 34.0 Å². The first kappa shape index (κ1) is 19.7. The van der Waals surface area contributed by atoms with Gasteiger partial charge in [-0.25, -0.2) is 8.42 Å². The number of anilines is 1. The van der Waals surface area contributed by atoms with E-state index in [1.54, 1.807) is 30.3 Å². The van der Waals surface area contributed by atoms with E-state index in [1.165, 1.54) is 25.3 Å². The van der Waals surface area contributed by atoms with Gasteiger partial charge in [0.1, 0.15) is 5.75 Å². The standard InChI is InChI=1S/C18H23N3O4S/c1-13(19)10-11-20-18(22)14-6-5-7-15(12-14)26(23,24)21-16-8-3-4-9-17(16)25-2/h3-9,12-13,21H,10-11,19H2,1-2H3,(H,20,22). The molecule has 0 aromatic heterocycles. The van der Waals surface area contributed by atoms with Crippen LogP contribution in [-0.2, 0) is 10.0 Å². The Morgan fingerprint density at radius 2 is 1.92 bits per heavy atom. The van der Waals surface area contributed by atoms with Gasteiger partial charge in [-0.15, -0.1) is 0 Å². The fourth-order valence-electron chi connectivity index (χ4n) is 2.25. The molecule has 2 rings (SSSR count). The van der Waals surface area contributed by atoms with Crippen molar-refractivity contribution in [1.29, 1.82) is 0 Å². The van der Waals surface area contributed by atoms with Gasteiger partial charge in [0, 0.05) is 18.2 Å². The summed E-state index contributed by atoms with van der Waals surface area (Å²) in [6.07, 6.45) is 0.638. The van der Waals surface area contributed by atoms with Gasteiger partial charge in [-0.05, 0) is 43.7 Å². The SMILES string of the molecule is COc1ccccc1NS(=O)(=O)c1cccc(C(=O)NCCC(C)N)c1. The molecule has 0 bridgehead atoms. The molecular weight excluding hydrogens is 354 g/mol. The third kappa shape index (κ3) is 5.21. The van der Waals surface area contributed by atoms with Gasteiger partial charge in [0.15, 0.2) is 0 Å². The van der Waals surface area contributed by atoms with Crippen LogP contribution in [0.15, 0.2) is 53.4 Å². The molecule has 8 heteroatoms. The number of amides is 1. The van der Waals surface area contributed by atoms with E-state index >= 15 is 0 Å². The summed E-state index contributed by atoms with van der Waals surface area (Å²) < 4.78 is 32.9. The average Bonchev–Trinajstić information content (AvgIpc) is 2.61. The number of sulfonamides is 1. The molecule has 1 unspecified atom stereocenters. The zero-order valence-corrected chi connectivity index (χ0v) is 15.5. The molecule has 140 valence electrons. The molecule has 7 nitrogen and oxygen atoms in total. The van der Waals surface area contributed by atoms with E-state index in [4.69, 9.17) is 10.5 Å². The lowest BCUT2D eigenvalue weighted by atomic mass is 10.2. The number of nitrogens with two attached hydrogens (primary N) is 1. The van der Waals surface area contributed by atoms with Crippen molar-refractivity contribution >= 4 is 21.6 Å². The Labute approximate surface area is 153 Å². The monoisotopic (exact) mass is 377 g/mol. The van der Waals surface area contributed by atoms with Crippen LogP contribution in [0.2, 0.25) is 0 Å². The van der Waals surface area contributed by atoms with Crippen molar-refractivity contribution < 1.29 is 17.9 Å². The van der Waals surface area contributed by atoms with Crippen LogP contribution in [0.3, 0.4) is 0 Å². The van der Waals surface area contributed by atoms with E-state index in [9.17, 15) is 13.2 Å². The predicted octanol–water partition coefficient (Wildman–Crippen LogP) is 1.96. The summed E-state index contributed by atoms with van der Waals surface area (Å²) in [5.41, 5.74) is 6.23. The van der Waals surface area contributed by atoms with E-state index in [1.807, 2.05) is 6.92 Å². The molecule has 2 aromatic rings. The molecule has 1 atom stereocenters. The van der Waals surface area contributed by atoms with Crippen LogP contribution in [0.1, 0.15) is 23.7 Å². The van der Waals surface area contributed by atoms with Gasteiger partial charge >= 0.3 is 0 Å². The maximum absolute atomic E-state index is 12.6. The highest BCUT2D eigenvalue weighted by molar-refractivity contribution is 7.92. The summed E-state index contributed by atoms with van der Waals surface area (Å²) in [5.74, 6) is 0.0564. The molecule has 0 saturated carbocycles. The number of rotatable bonds is 8. The number of nitrogens with one attached hydrogen (secondary N) is 2. The number of para-hydroxylation sites is 2. The average molecular weight is 377 g/mol. The van der Waals surface area contributed by atoms with Crippen molar-refractivity contribution in [1.82, 2.24) is 5.32 Å². The number of carbonyl (C=O) groups is 1. The van der Waals surface area contributed by atoms with E-state index < -0.39 is 10.0 Å². The summed E-state index contributed by atoms with van der Waals surface area (Å²) in [7, 11) is -2.41. The zero-order chi connectivity index (χ0) is 19.2. The second-order valence-corrected chi connectivity index (χ2v) is 7.54. The Hall–Kier alpha value is -2.58. The minimum atomic E-state index is -3.87. The molecule has 0 saturated heterocycles. The van der Waals surface area contributed by atoms with Crippen LogP contribution < -0.4 is 20.5 Å². The molecular formula is C18H23N3O4S. The molecule has 1 amide bonds. The fourth-order valence-corrected chi connectivity index (χ4v) is 3.37. The number of ether oxygens (including phenoxy) is 1. The molecule has 26 heavy (non-hydrogen) atoms. The highest BCUT2D eigenvalue weighted by Gasteiger charge is 2.18. The Morgan fingerprint density at radius 1 is 1.19 bits per heavy atom. The molecule has 2 aromatic carbocycles. The van der Waals surface area contributed by atoms with Crippen molar-refractivity contribution in [2.24, 2.45) is 5.73 Å². The minimum absolute atomic E-state index is 0.0109.